The number of benzene rings is 1. The number of hydrogen-bond acceptors (Lipinski definition) is 8. The van der Waals surface area contributed by atoms with E-state index in [9.17, 15) is 4.79 Å². The summed E-state index contributed by atoms with van der Waals surface area (Å²) in [5.74, 6) is 8.28. The van der Waals surface area contributed by atoms with Gasteiger partial charge in [-0.05, 0) is 19.1 Å². The Bertz CT molecular complexity index is 1470. The normalized spacial score (nSPS) is 11.4. The lowest BCUT2D eigenvalue weighted by atomic mass is 10.1. The minimum Gasteiger partial charge on any atom is -0.469 e. The molecule has 0 radical (unpaired) electrons. The van der Waals surface area contributed by atoms with Gasteiger partial charge in [0.2, 0.25) is 5.16 Å². The molecule has 0 aliphatic rings. The number of aromatic nitrogens is 5. The number of nitrogens with one attached hydrogen (secondary N) is 1. The zero-order valence-corrected chi connectivity index (χ0v) is 18.5. The van der Waals surface area contributed by atoms with Crippen LogP contribution in [0.5, 0.6) is 0 Å². The van der Waals surface area contributed by atoms with Crippen LogP contribution in [0.3, 0.4) is 0 Å². The Balaban J connectivity index is 1.43. The van der Waals surface area contributed by atoms with Gasteiger partial charge in [-0.2, -0.15) is 0 Å². The van der Waals surface area contributed by atoms with E-state index in [1.165, 1.54) is 27.8 Å². The van der Waals surface area contributed by atoms with Gasteiger partial charge in [0, 0.05) is 21.5 Å². The lowest BCUT2D eigenvalue weighted by Gasteiger charge is -2.04. The van der Waals surface area contributed by atoms with Crippen LogP contribution in [0.15, 0.2) is 56.3 Å². The summed E-state index contributed by atoms with van der Waals surface area (Å²) in [5, 5.41) is 11.8. The van der Waals surface area contributed by atoms with Gasteiger partial charge < -0.3 is 15.2 Å². The Labute approximate surface area is 189 Å². The molecule has 0 aliphatic carbocycles. The molecule has 3 N–H and O–H groups in total. The molecule has 1 aromatic carbocycles. The van der Waals surface area contributed by atoms with Crippen molar-refractivity contribution in [2.75, 3.05) is 5.84 Å². The van der Waals surface area contributed by atoms with E-state index in [1.807, 2.05) is 30.5 Å². The molecule has 0 atom stereocenters. The second-order valence-corrected chi connectivity index (χ2v) is 8.89. The minimum atomic E-state index is -0.208. The van der Waals surface area contributed by atoms with E-state index in [2.05, 4.69) is 20.2 Å². The number of aromatic amines is 1. The van der Waals surface area contributed by atoms with Crippen molar-refractivity contribution >= 4 is 44.9 Å². The summed E-state index contributed by atoms with van der Waals surface area (Å²) in [7, 11) is 0. The van der Waals surface area contributed by atoms with E-state index in [0.29, 0.717) is 43.6 Å². The molecule has 5 aromatic rings. The van der Waals surface area contributed by atoms with Crippen LogP contribution in [0, 0.1) is 6.92 Å². The van der Waals surface area contributed by atoms with Gasteiger partial charge in [-0.25, -0.2) is 9.66 Å². The monoisotopic (exact) mass is 470 g/mol. The van der Waals surface area contributed by atoms with Crippen molar-refractivity contribution in [3.63, 3.8) is 0 Å². The van der Waals surface area contributed by atoms with Crippen LogP contribution in [-0.4, -0.2) is 24.8 Å². The number of thioether (sulfide) groups is 1. The lowest BCUT2D eigenvalue weighted by molar-refractivity contribution is 0.535. The number of nitrogens with two attached hydrogens (primary N) is 1. The molecular weight excluding hydrogens is 456 g/mol. The van der Waals surface area contributed by atoms with E-state index in [-0.39, 0.29) is 5.56 Å². The van der Waals surface area contributed by atoms with Crippen molar-refractivity contribution in [2.45, 2.75) is 17.8 Å². The van der Waals surface area contributed by atoms with Crippen LogP contribution in [0.2, 0.25) is 5.02 Å². The molecule has 5 rings (SSSR count). The average molecular weight is 471 g/mol. The van der Waals surface area contributed by atoms with Gasteiger partial charge in [0.1, 0.15) is 16.4 Å². The number of hydrogen-bond donors (Lipinski definition) is 2. The molecular formula is C20H15ClN6O2S2. The Morgan fingerprint density at radius 3 is 2.84 bits per heavy atom. The van der Waals surface area contributed by atoms with Gasteiger partial charge >= 0.3 is 0 Å². The molecule has 156 valence electrons. The molecule has 4 heterocycles. The topological polar surface area (TPSA) is 116 Å². The predicted octanol–water partition coefficient (Wildman–Crippen LogP) is 4.47. The first-order valence-electron chi connectivity index (χ1n) is 9.16. The Hall–Kier alpha value is -3.08. The summed E-state index contributed by atoms with van der Waals surface area (Å²) < 4.78 is 6.71. The number of thiophene rings is 1. The van der Waals surface area contributed by atoms with E-state index >= 15 is 0 Å². The minimum absolute atomic E-state index is 0.208. The number of halogens is 1. The second kappa shape index (κ2) is 7.88. The SMILES string of the molecule is Cc1occc1-c1nnc(SCc2nc3scc(-c4ccccc4Cl)c3c(=O)[nH]2)n1N. The molecule has 0 aliphatic heterocycles. The smallest absolute Gasteiger partial charge is 0.260 e. The molecule has 0 saturated heterocycles. The van der Waals surface area contributed by atoms with Crippen molar-refractivity contribution in [2.24, 2.45) is 0 Å². The standard InChI is InChI=1S/C20H15ClN6O2S2/c1-10-11(6-7-29-10)17-25-26-20(27(17)22)31-9-15-23-18(28)16-13(8-30-19(16)24-15)12-4-2-3-5-14(12)21/h2-8H,9,22H2,1H3,(H,23,24,28). The lowest BCUT2D eigenvalue weighted by Crippen LogP contribution is -2.13. The fraction of sp³-hybridized carbons (Fsp3) is 0.100. The molecule has 0 fully saturated rings. The summed E-state index contributed by atoms with van der Waals surface area (Å²) >= 11 is 9.06. The summed E-state index contributed by atoms with van der Waals surface area (Å²) in [4.78, 5) is 21.0. The molecule has 0 unspecified atom stereocenters. The summed E-state index contributed by atoms with van der Waals surface area (Å²) in [6.07, 6.45) is 1.58. The molecule has 31 heavy (non-hydrogen) atoms. The second-order valence-electron chi connectivity index (χ2n) is 6.68. The van der Waals surface area contributed by atoms with Gasteiger partial charge in [-0.15, -0.1) is 21.5 Å². The fourth-order valence-corrected chi connectivity index (χ4v) is 5.17. The van der Waals surface area contributed by atoms with E-state index in [1.54, 1.807) is 18.4 Å². The third-order valence-corrected chi connectivity index (χ3v) is 6.92. The number of nitrogen functional groups attached to an aromatic ring is 1. The van der Waals surface area contributed by atoms with Crippen molar-refractivity contribution in [3.05, 3.63) is 68.9 Å². The number of aryl methyl sites for hydroxylation is 1. The van der Waals surface area contributed by atoms with Gasteiger partial charge in [-0.3, -0.25) is 4.79 Å². The van der Waals surface area contributed by atoms with Crippen molar-refractivity contribution in [3.8, 4) is 22.5 Å². The Kier molecular flexibility index (Phi) is 5.05. The van der Waals surface area contributed by atoms with Crippen LogP contribution in [0.25, 0.3) is 32.7 Å². The largest absolute Gasteiger partial charge is 0.469 e. The summed E-state index contributed by atoms with van der Waals surface area (Å²) in [5.41, 5.74) is 2.16. The van der Waals surface area contributed by atoms with E-state index in [0.717, 1.165) is 16.7 Å². The molecule has 11 heteroatoms. The predicted molar refractivity (Wildman–Crippen MR) is 123 cm³/mol. The first-order valence-corrected chi connectivity index (χ1v) is 11.4. The van der Waals surface area contributed by atoms with Gasteiger partial charge in [0.25, 0.3) is 5.56 Å². The van der Waals surface area contributed by atoms with Crippen molar-refractivity contribution in [1.82, 2.24) is 24.8 Å². The summed E-state index contributed by atoms with van der Waals surface area (Å²) in [6.45, 7) is 1.83. The first-order chi connectivity index (χ1) is 15.0. The zero-order valence-electron chi connectivity index (χ0n) is 16.1. The fourth-order valence-electron chi connectivity index (χ4n) is 3.25. The van der Waals surface area contributed by atoms with Gasteiger partial charge in [0.15, 0.2) is 5.82 Å². The highest BCUT2D eigenvalue weighted by Gasteiger charge is 2.18. The van der Waals surface area contributed by atoms with Crippen molar-refractivity contribution < 1.29 is 4.42 Å². The third kappa shape index (κ3) is 3.52. The van der Waals surface area contributed by atoms with Crippen LogP contribution in [0.1, 0.15) is 11.6 Å². The maximum absolute atomic E-state index is 12.8. The van der Waals surface area contributed by atoms with Crippen molar-refractivity contribution in [1.29, 1.82) is 0 Å². The number of H-pyrrole nitrogens is 1. The Morgan fingerprint density at radius 2 is 2.06 bits per heavy atom. The molecule has 0 saturated carbocycles. The summed E-state index contributed by atoms with van der Waals surface area (Å²) in [6, 6.07) is 9.22. The highest BCUT2D eigenvalue weighted by Crippen LogP contribution is 2.35. The molecule has 0 spiro atoms. The highest BCUT2D eigenvalue weighted by atomic mass is 35.5. The molecule has 8 nitrogen and oxygen atoms in total. The Morgan fingerprint density at radius 1 is 1.23 bits per heavy atom. The van der Waals surface area contributed by atoms with E-state index < -0.39 is 0 Å². The van der Waals surface area contributed by atoms with Crippen LogP contribution in [0.4, 0.5) is 0 Å². The quantitative estimate of drug-likeness (QED) is 0.287. The number of furan rings is 1. The van der Waals surface area contributed by atoms with Crippen LogP contribution in [-0.2, 0) is 5.75 Å². The molecule has 0 amide bonds. The maximum Gasteiger partial charge on any atom is 0.260 e. The number of nitrogens with zero attached hydrogens (tertiary/aromatic N) is 4. The van der Waals surface area contributed by atoms with Gasteiger partial charge in [0.05, 0.1) is 23.0 Å². The first kappa shape index (κ1) is 19.9. The zero-order chi connectivity index (χ0) is 21.5. The highest BCUT2D eigenvalue weighted by molar-refractivity contribution is 7.98. The number of rotatable bonds is 5. The third-order valence-electron chi connectivity index (χ3n) is 4.76. The van der Waals surface area contributed by atoms with Crippen LogP contribution >= 0.6 is 34.7 Å². The van der Waals surface area contributed by atoms with E-state index in [4.69, 9.17) is 21.9 Å². The molecule has 4 aromatic heterocycles. The van der Waals surface area contributed by atoms with Crippen LogP contribution < -0.4 is 11.4 Å². The number of fused-ring (bicyclic) bond motifs is 1. The molecule has 0 bridgehead atoms. The average Bonchev–Trinajstić information content (AvgIpc) is 3.46. The van der Waals surface area contributed by atoms with Gasteiger partial charge in [-0.1, -0.05) is 41.6 Å². The maximum atomic E-state index is 12.8.